The average molecular weight is 558 g/mol. The first-order valence-electron chi connectivity index (χ1n) is 13.8. The van der Waals surface area contributed by atoms with E-state index in [4.69, 9.17) is 9.47 Å². The molecular weight excluding hydrogens is 522 g/mol. The van der Waals surface area contributed by atoms with Gasteiger partial charge in [0.25, 0.3) is 0 Å². The van der Waals surface area contributed by atoms with Gasteiger partial charge in [-0.1, -0.05) is 54.8 Å². The Morgan fingerprint density at radius 2 is 1.78 bits per heavy atom. The molecule has 1 fully saturated rings. The number of methoxy groups -OCH3 is 2. The van der Waals surface area contributed by atoms with Crippen molar-refractivity contribution in [2.24, 2.45) is 0 Å². The van der Waals surface area contributed by atoms with Crippen molar-refractivity contribution in [2.45, 2.75) is 57.3 Å². The number of hydrogen-bond donors (Lipinski definition) is 2. The second-order valence-electron chi connectivity index (χ2n) is 10.3. The maximum Gasteiger partial charge on any atom is 0.247 e. The number of rotatable bonds is 10. The quantitative estimate of drug-likeness (QED) is 0.297. The van der Waals surface area contributed by atoms with Crippen molar-refractivity contribution < 1.29 is 24.2 Å². The zero-order valence-corrected chi connectivity index (χ0v) is 23.3. The molecule has 4 aromatic rings. The van der Waals surface area contributed by atoms with E-state index in [-0.39, 0.29) is 42.4 Å². The van der Waals surface area contributed by atoms with E-state index in [1.165, 1.54) is 18.1 Å². The highest BCUT2D eigenvalue weighted by Crippen LogP contribution is 2.33. The molecule has 1 aromatic heterocycles. The number of hydrogen-bond acceptors (Lipinski definition) is 7. The van der Waals surface area contributed by atoms with Crippen molar-refractivity contribution in [1.29, 1.82) is 0 Å². The van der Waals surface area contributed by atoms with E-state index in [1.807, 2.05) is 48.5 Å². The Kier molecular flexibility index (Phi) is 8.67. The molecule has 0 saturated heterocycles. The predicted molar refractivity (Wildman–Crippen MR) is 153 cm³/mol. The highest BCUT2D eigenvalue weighted by molar-refractivity contribution is 5.89. The van der Waals surface area contributed by atoms with Crippen LogP contribution in [-0.2, 0) is 22.7 Å². The lowest BCUT2D eigenvalue weighted by atomic mass is 9.94. The number of phenols is 1. The summed E-state index contributed by atoms with van der Waals surface area (Å²) in [6.45, 7) is 0.0248. The van der Waals surface area contributed by atoms with Crippen LogP contribution in [0.2, 0.25) is 0 Å². The smallest absolute Gasteiger partial charge is 0.247 e. The van der Waals surface area contributed by atoms with Gasteiger partial charge in [0.1, 0.15) is 23.9 Å². The fraction of sp³-hybridized carbons (Fsp3) is 0.355. The van der Waals surface area contributed by atoms with E-state index in [0.717, 1.165) is 43.2 Å². The topological polar surface area (TPSA) is 119 Å². The number of amides is 2. The van der Waals surface area contributed by atoms with Crippen LogP contribution in [0, 0.1) is 0 Å². The summed E-state index contributed by atoms with van der Waals surface area (Å²) in [7, 11) is 3.05. The monoisotopic (exact) mass is 557 g/mol. The molecular formula is C31H35N5O5. The highest BCUT2D eigenvalue weighted by Gasteiger charge is 2.34. The Bertz CT molecular complexity index is 1500. The van der Waals surface area contributed by atoms with Crippen molar-refractivity contribution in [3.63, 3.8) is 0 Å². The number of benzene rings is 3. The molecule has 1 saturated carbocycles. The van der Waals surface area contributed by atoms with Crippen LogP contribution in [0.25, 0.3) is 11.0 Å². The molecule has 0 aliphatic heterocycles. The Morgan fingerprint density at radius 3 is 2.49 bits per heavy atom. The van der Waals surface area contributed by atoms with Crippen LogP contribution in [0.4, 0.5) is 0 Å². The lowest BCUT2D eigenvalue weighted by Gasteiger charge is -2.33. The van der Waals surface area contributed by atoms with Crippen molar-refractivity contribution in [2.75, 3.05) is 14.2 Å². The molecule has 1 heterocycles. The Balaban J connectivity index is 1.54. The molecule has 3 aromatic carbocycles. The zero-order chi connectivity index (χ0) is 28.8. The van der Waals surface area contributed by atoms with Gasteiger partial charge in [-0.3, -0.25) is 9.59 Å². The van der Waals surface area contributed by atoms with Gasteiger partial charge in [0.2, 0.25) is 11.8 Å². The van der Waals surface area contributed by atoms with Gasteiger partial charge in [-0.25, -0.2) is 4.68 Å². The summed E-state index contributed by atoms with van der Waals surface area (Å²) in [5, 5.41) is 22.2. The fourth-order valence-electron chi connectivity index (χ4n) is 5.38. The summed E-state index contributed by atoms with van der Waals surface area (Å²) < 4.78 is 12.1. The van der Waals surface area contributed by atoms with Crippen molar-refractivity contribution in [1.82, 2.24) is 25.2 Å². The third-order valence-corrected chi connectivity index (χ3v) is 7.57. The Morgan fingerprint density at radius 1 is 1.02 bits per heavy atom. The lowest BCUT2D eigenvalue weighted by molar-refractivity contribution is -0.142. The van der Waals surface area contributed by atoms with Crippen LogP contribution in [-0.4, -0.2) is 57.1 Å². The van der Waals surface area contributed by atoms with Crippen molar-refractivity contribution >= 4 is 22.8 Å². The van der Waals surface area contributed by atoms with Gasteiger partial charge in [-0.2, -0.15) is 0 Å². The number of para-hydroxylation sites is 1. The second-order valence-corrected chi connectivity index (χ2v) is 10.3. The number of carbonyl (C=O) groups is 2. The zero-order valence-electron chi connectivity index (χ0n) is 23.3. The lowest BCUT2D eigenvalue weighted by Crippen LogP contribution is -2.47. The molecule has 1 atom stereocenters. The minimum atomic E-state index is -1.02. The van der Waals surface area contributed by atoms with E-state index in [2.05, 4.69) is 15.6 Å². The minimum Gasteiger partial charge on any atom is -0.504 e. The molecule has 1 aliphatic rings. The van der Waals surface area contributed by atoms with Gasteiger partial charge in [-0.05, 0) is 60.4 Å². The van der Waals surface area contributed by atoms with Gasteiger partial charge in [0.15, 0.2) is 11.5 Å². The molecule has 0 bridgehead atoms. The maximum absolute atomic E-state index is 14.1. The third-order valence-electron chi connectivity index (χ3n) is 7.57. The van der Waals surface area contributed by atoms with Crippen LogP contribution in [0.5, 0.6) is 17.2 Å². The number of ether oxygens (including phenoxy) is 2. The maximum atomic E-state index is 14.1. The first-order valence-corrected chi connectivity index (χ1v) is 13.8. The third kappa shape index (κ3) is 6.42. The highest BCUT2D eigenvalue weighted by atomic mass is 16.5. The normalized spacial score (nSPS) is 14.4. The number of fused-ring (bicyclic) bond motifs is 1. The Hall–Kier alpha value is -4.60. The minimum absolute atomic E-state index is 0.0304. The van der Waals surface area contributed by atoms with Gasteiger partial charge in [0, 0.05) is 12.6 Å². The molecule has 2 amide bonds. The van der Waals surface area contributed by atoms with Crippen LogP contribution in [0.15, 0.2) is 66.7 Å². The molecule has 5 rings (SSSR count). The summed E-state index contributed by atoms with van der Waals surface area (Å²) >= 11 is 0. The molecule has 10 nitrogen and oxygen atoms in total. The van der Waals surface area contributed by atoms with E-state index < -0.39 is 6.04 Å². The van der Waals surface area contributed by atoms with E-state index >= 15 is 0 Å². The summed E-state index contributed by atoms with van der Waals surface area (Å²) in [4.78, 5) is 29.7. The fourth-order valence-corrected chi connectivity index (χ4v) is 5.38. The molecule has 0 radical (unpaired) electrons. The summed E-state index contributed by atoms with van der Waals surface area (Å²) in [6, 6.07) is 18.6. The first kappa shape index (κ1) is 27.9. The second kappa shape index (κ2) is 12.7. The number of nitrogens with zero attached hydrogens (tertiary/aromatic N) is 4. The summed E-state index contributed by atoms with van der Waals surface area (Å²) in [5.74, 6) is 0.233. The van der Waals surface area contributed by atoms with E-state index in [1.54, 1.807) is 23.9 Å². The molecule has 1 unspecified atom stereocenters. The molecule has 10 heteroatoms. The largest absolute Gasteiger partial charge is 0.504 e. The number of phenolic OH excluding ortho intramolecular Hbond substituents is 1. The van der Waals surface area contributed by atoms with Gasteiger partial charge < -0.3 is 24.8 Å². The van der Waals surface area contributed by atoms with Crippen LogP contribution < -0.4 is 14.8 Å². The number of aromatic hydroxyl groups is 1. The van der Waals surface area contributed by atoms with Crippen LogP contribution >= 0.6 is 0 Å². The molecule has 214 valence electrons. The molecule has 41 heavy (non-hydrogen) atoms. The molecule has 0 spiro atoms. The first-order chi connectivity index (χ1) is 20.0. The molecule has 1 aliphatic carbocycles. The SMILES string of the molecule is COc1ccc(CN(C(=O)Cn2nnc3ccccc32)C(C(=O)NC2CCCCC2)c2ccc(OC)c(O)c2)cc1. The van der Waals surface area contributed by atoms with Crippen LogP contribution in [0.3, 0.4) is 0 Å². The van der Waals surface area contributed by atoms with Crippen LogP contribution in [0.1, 0.15) is 49.3 Å². The van der Waals surface area contributed by atoms with Gasteiger partial charge in [0.05, 0.1) is 19.7 Å². The summed E-state index contributed by atoms with van der Waals surface area (Å²) in [6.07, 6.45) is 5.03. The average Bonchev–Trinajstić information content (AvgIpc) is 3.40. The number of nitrogens with one attached hydrogen (secondary N) is 1. The van der Waals surface area contributed by atoms with Gasteiger partial charge >= 0.3 is 0 Å². The Labute approximate surface area is 238 Å². The molecule has 2 N–H and O–H groups in total. The predicted octanol–water partition coefficient (Wildman–Crippen LogP) is 4.37. The van der Waals surface area contributed by atoms with Crippen molar-refractivity contribution in [3.8, 4) is 17.2 Å². The van der Waals surface area contributed by atoms with E-state index in [0.29, 0.717) is 16.8 Å². The van der Waals surface area contributed by atoms with Crippen molar-refractivity contribution in [3.05, 3.63) is 77.9 Å². The summed E-state index contributed by atoms with van der Waals surface area (Å²) in [5.41, 5.74) is 2.68. The standard InChI is InChI=1S/C31H35N5O5/c1-40-24-15-12-21(13-16-24)19-35(29(38)20-36-26-11-7-6-10-25(26)33-34-36)30(22-14-17-28(41-2)27(37)18-22)31(39)32-23-8-4-3-5-9-23/h6-7,10-18,23,30,37H,3-5,8-9,19-20H2,1-2H3,(H,32,39). The number of aromatic nitrogens is 3. The van der Waals surface area contributed by atoms with E-state index in [9.17, 15) is 14.7 Å². The van der Waals surface area contributed by atoms with Gasteiger partial charge in [-0.15, -0.1) is 5.10 Å². The number of carbonyl (C=O) groups excluding carboxylic acids is 2.